The summed E-state index contributed by atoms with van der Waals surface area (Å²) in [5.74, 6) is 1.31. The predicted molar refractivity (Wildman–Crippen MR) is 54.3 cm³/mol. The van der Waals surface area contributed by atoms with Gasteiger partial charge in [-0.05, 0) is 24.6 Å². The molecule has 0 bridgehead atoms. The number of hydrogen-bond donors (Lipinski definition) is 1. The maximum Gasteiger partial charge on any atom is 0.228 e. The SMILES string of the molecule is Cc1ccc(Nc2ncccn2)nc1. The highest BCUT2D eigenvalue weighted by Crippen LogP contribution is 2.08. The van der Waals surface area contributed by atoms with Gasteiger partial charge in [-0.2, -0.15) is 0 Å². The lowest BCUT2D eigenvalue weighted by Crippen LogP contribution is -1.97. The molecule has 0 amide bonds. The van der Waals surface area contributed by atoms with Crippen LogP contribution in [0.25, 0.3) is 0 Å². The minimum atomic E-state index is 0.559. The molecular weight excluding hydrogens is 176 g/mol. The minimum Gasteiger partial charge on any atom is -0.309 e. The Labute approximate surface area is 82.1 Å². The largest absolute Gasteiger partial charge is 0.309 e. The summed E-state index contributed by atoms with van der Waals surface area (Å²) in [6.45, 7) is 2.00. The second kappa shape index (κ2) is 3.83. The van der Waals surface area contributed by atoms with Gasteiger partial charge in [0.15, 0.2) is 0 Å². The van der Waals surface area contributed by atoms with E-state index < -0.39 is 0 Å². The Morgan fingerprint density at radius 2 is 1.86 bits per heavy atom. The van der Waals surface area contributed by atoms with Crippen molar-refractivity contribution in [2.45, 2.75) is 6.92 Å². The summed E-state index contributed by atoms with van der Waals surface area (Å²) in [4.78, 5) is 12.3. The highest BCUT2D eigenvalue weighted by atomic mass is 15.1. The monoisotopic (exact) mass is 186 g/mol. The predicted octanol–water partition coefficient (Wildman–Crippen LogP) is 1.92. The van der Waals surface area contributed by atoms with Crippen LogP contribution in [0.4, 0.5) is 11.8 Å². The van der Waals surface area contributed by atoms with Gasteiger partial charge in [-0.15, -0.1) is 0 Å². The smallest absolute Gasteiger partial charge is 0.228 e. The molecule has 4 nitrogen and oxygen atoms in total. The molecule has 0 saturated heterocycles. The van der Waals surface area contributed by atoms with E-state index in [1.54, 1.807) is 24.7 Å². The van der Waals surface area contributed by atoms with Gasteiger partial charge in [0.25, 0.3) is 0 Å². The number of anilines is 2. The number of nitrogens with one attached hydrogen (secondary N) is 1. The molecule has 2 aromatic heterocycles. The van der Waals surface area contributed by atoms with Crippen molar-refractivity contribution in [3.8, 4) is 0 Å². The Balaban J connectivity index is 2.16. The molecule has 70 valence electrons. The standard InChI is InChI=1S/C10H10N4/c1-8-3-4-9(13-7-8)14-10-11-5-2-6-12-10/h2-7H,1H3,(H,11,12,13,14). The minimum absolute atomic E-state index is 0.559. The fourth-order valence-electron chi connectivity index (χ4n) is 1.02. The van der Waals surface area contributed by atoms with E-state index in [0.717, 1.165) is 11.4 Å². The summed E-state index contributed by atoms with van der Waals surface area (Å²) < 4.78 is 0. The molecule has 0 unspecified atom stereocenters. The summed E-state index contributed by atoms with van der Waals surface area (Å²) >= 11 is 0. The molecule has 0 aliphatic carbocycles. The molecule has 0 fully saturated rings. The molecule has 0 saturated carbocycles. The average Bonchev–Trinajstić information content (AvgIpc) is 2.23. The van der Waals surface area contributed by atoms with Crippen molar-refractivity contribution in [2.24, 2.45) is 0 Å². The first-order valence-corrected chi connectivity index (χ1v) is 4.31. The van der Waals surface area contributed by atoms with Crippen LogP contribution in [0.2, 0.25) is 0 Å². The van der Waals surface area contributed by atoms with Crippen molar-refractivity contribution in [3.05, 3.63) is 42.4 Å². The van der Waals surface area contributed by atoms with Crippen LogP contribution in [0, 0.1) is 6.92 Å². The first-order chi connectivity index (χ1) is 6.84. The van der Waals surface area contributed by atoms with Crippen molar-refractivity contribution in [3.63, 3.8) is 0 Å². The third kappa shape index (κ3) is 2.04. The van der Waals surface area contributed by atoms with Gasteiger partial charge < -0.3 is 5.32 Å². The van der Waals surface area contributed by atoms with Crippen LogP contribution in [0.5, 0.6) is 0 Å². The second-order valence-electron chi connectivity index (χ2n) is 2.92. The Bertz CT molecular complexity index is 396. The summed E-state index contributed by atoms with van der Waals surface area (Å²) in [7, 11) is 0. The van der Waals surface area contributed by atoms with Crippen LogP contribution in [0.3, 0.4) is 0 Å². The van der Waals surface area contributed by atoms with E-state index in [1.165, 1.54) is 0 Å². The van der Waals surface area contributed by atoms with Crippen molar-refractivity contribution >= 4 is 11.8 Å². The first-order valence-electron chi connectivity index (χ1n) is 4.31. The van der Waals surface area contributed by atoms with E-state index in [4.69, 9.17) is 0 Å². The van der Waals surface area contributed by atoms with E-state index >= 15 is 0 Å². The topological polar surface area (TPSA) is 50.7 Å². The van der Waals surface area contributed by atoms with Gasteiger partial charge in [0, 0.05) is 18.6 Å². The Morgan fingerprint density at radius 3 is 2.50 bits per heavy atom. The van der Waals surface area contributed by atoms with Crippen molar-refractivity contribution in [2.75, 3.05) is 5.32 Å². The van der Waals surface area contributed by atoms with Crippen LogP contribution in [-0.2, 0) is 0 Å². The molecule has 0 atom stereocenters. The maximum atomic E-state index is 4.18. The lowest BCUT2D eigenvalue weighted by atomic mass is 10.3. The van der Waals surface area contributed by atoms with Crippen molar-refractivity contribution < 1.29 is 0 Å². The van der Waals surface area contributed by atoms with Gasteiger partial charge in [-0.25, -0.2) is 15.0 Å². The third-order valence-electron chi connectivity index (χ3n) is 1.72. The second-order valence-corrected chi connectivity index (χ2v) is 2.92. The van der Waals surface area contributed by atoms with Crippen LogP contribution < -0.4 is 5.32 Å². The molecule has 2 aromatic rings. The molecule has 0 aromatic carbocycles. The van der Waals surface area contributed by atoms with Gasteiger partial charge in [-0.3, -0.25) is 0 Å². The fraction of sp³-hybridized carbons (Fsp3) is 0.100. The molecule has 0 radical (unpaired) electrons. The highest BCUT2D eigenvalue weighted by Gasteiger charge is 1.95. The number of nitrogens with zero attached hydrogens (tertiary/aromatic N) is 3. The molecule has 4 heteroatoms. The maximum absolute atomic E-state index is 4.18. The molecular formula is C10H10N4. The van der Waals surface area contributed by atoms with E-state index in [-0.39, 0.29) is 0 Å². The summed E-state index contributed by atoms with van der Waals surface area (Å²) in [5.41, 5.74) is 1.13. The number of hydrogen-bond acceptors (Lipinski definition) is 4. The lowest BCUT2D eigenvalue weighted by Gasteiger charge is -2.02. The summed E-state index contributed by atoms with van der Waals surface area (Å²) in [6.07, 6.45) is 5.16. The van der Waals surface area contributed by atoms with Crippen LogP contribution in [-0.4, -0.2) is 15.0 Å². The summed E-state index contributed by atoms with van der Waals surface area (Å²) in [6, 6.07) is 5.65. The van der Waals surface area contributed by atoms with E-state index in [2.05, 4.69) is 20.3 Å². The van der Waals surface area contributed by atoms with Gasteiger partial charge in [-0.1, -0.05) is 6.07 Å². The van der Waals surface area contributed by atoms with Crippen molar-refractivity contribution in [1.29, 1.82) is 0 Å². The van der Waals surface area contributed by atoms with Crippen molar-refractivity contribution in [1.82, 2.24) is 15.0 Å². The zero-order valence-corrected chi connectivity index (χ0v) is 7.81. The third-order valence-corrected chi connectivity index (χ3v) is 1.72. The van der Waals surface area contributed by atoms with Gasteiger partial charge in [0.05, 0.1) is 0 Å². The van der Waals surface area contributed by atoms with E-state index in [9.17, 15) is 0 Å². The van der Waals surface area contributed by atoms with Gasteiger partial charge in [0.1, 0.15) is 5.82 Å². The van der Waals surface area contributed by atoms with E-state index in [1.807, 2.05) is 19.1 Å². The molecule has 0 spiro atoms. The lowest BCUT2D eigenvalue weighted by molar-refractivity contribution is 1.14. The number of rotatable bonds is 2. The zero-order valence-electron chi connectivity index (χ0n) is 7.81. The van der Waals surface area contributed by atoms with Gasteiger partial charge in [0.2, 0.25) is 5.95 Å². The van der Waals surface area contributed by atoms with E-state index in [0.29, 0.717) is 5.95 Å². The number of pyridine rings is 1. The normalized spacial score (nSPS) is 9.79. The Hall–Kier alpha value is -1.97. The highest BCUT2D eigenvalue weighted by molar-refractivity contribution is 5.46. The molecule has 1 N–H and O–H groups in total. The molecule has 14 heavy (non-hydrogen) atoms. The molecule has 0 aliphatic heterocycles. The fourth-order valence-corrected chi connectivity index (χ4v) is 1.02. The van der Waals surface area contributed by atoms with Crippen LogP contribution in [0.1, 0.15) is 5.56 Å². The first kappa shape index (κ1) is 8.62. The Morgan fingerprint density at radius 1 is 1.07 bits per heavy atom. The van der Waals surface area contributed by atoms with Crippen LogP contribution in [0.15, 0.2) is 36.8 Å². The van der Waals surface area contributed by atoms with Gasteiger partial charge >= 0.3 is 0 Å². The summed E-state index contributed by atoms with van der Waals surface area (Å²) in [5, 5.41) is 3.00. The number of aryl methyl sites for hydroxylation is 1. The molecule has 2 rings (SSSR count). The Kier molecular flexibility index (Phi) is 2.36. The number of aromatic nitrogens is 3. The zero-order chi connectivity index (χ0) is 9.80. The average molecular weight is 186 g/mol. The quantitative estimate of drug-likeness (QED) is 0.778. The van der Waals surface area contributed by atoms with Crippen LogP contribution >= 0.6 is 0 Å². The molecule has 0 aliphatic rings. The molecule has 2 heterocycles.